The Balaban J connectivity index is 1.35. The molecule has 0 radical (unpaired) electrons. The highest BCUT2D eigenvalue weighted by Crippen LogP contribution is 2.27. The minimum absolute atomic E-state index is 0.146. The van der Waals surface area contributed by atoms with Crippen LogP contribution >= 0.6 is 15.9 Å². The summed E-state index contributed by atoms with van der Waals surface area (Å²) in [5, 5.41) is 6.49. The lowest BCUT2D eigenvalue weighted by atomic mass is 10.0. The summed E-state index contributed by atoms with van der Waals surface area (Å²) in [5.41, 5.74) is 7.89. The zero-order valence-electron chi connectivity index (χ0n) is 18.6. The number of aryl methyl sites for hydroxylation is 2. The molecular weight excluding hydrogens is 476 g/mol. The standard InChI is InChI=1S/C28H25BrN2O2/c1-19-10-12-23(20(2)14-19)16-28(32)31-30-17-21-11-13-27(26(29)15-21)33-18-24-8-5-7-22-6-3-4-9-25(22)24/h3-15,17H,16,18H2,1-2H3,(H,31,32)/b30-17+. The van der Waals surface area contributed by atoms with E-state index in [4.69, 9.17) is 4.74 Å². The molecule has 33 heavy (non-hydrogen) atoms. The Hall–Kier alpha value is -3.44. The largest absolute Gasteiger partial charge is 0.488 e. The Morgan fingerprint density at radius 2 is 1.79 bits per heavy atom. The highest BCUT2D eigenvalue weighted by Gasteiger charge is 2.07. The number of hydrogen-bond donors (Lipinski definition) is 1. The van der Waals surface area contributed by atoms with Gasteiger partial charge in [-0.05, 0) is 81.0 Å². The van der Waals surface area contributed by atoms with E-state index >= 15 is 0 Å². The third-order valence-electron chi connectivity index (χ3n) is 5.47. The van der Waals surface area contributed by atoms with Gasteiger partial charge in [0, 0.05) is 0 Å². The Morgan fingerprint density at radius 1 is 0.970 bits per heavy atom. The first kappa shape index (κ1) is 22.7. The summed E-state index contributed by atoms with van der Waals surface area (Å²) in [6.45, 7) is 4.53. The molecule has 5 heteroatoms. The lowest BCUT2D eigenvalue weighted by Gasteiger charge is -2.11. The molecule has 1 N–H and O–H groups in total. The zero-order valence-corrected chi connectivity index (χ0v) is 20.2. The predicted octanol–water partition coefficient (Wildman–Crippen LogP) is 6.49. The second kappa shape index (κ2) is 10.5. The molecule has 166 valence electrons. The predicted molar refractivity (Wildman–Crippen MR) is 138 cm³/mol. The van der Waals surface area contributed by atoms with Gasteiger partial charge in [0.15, 0.2) is 0 Å². The molecule has 1 amide bonds. The summed E-state index contributed by atoms with van der Waals surface area (Å²) in [6.07, 6.45) is 1.92. The molecule has 0 saturated carbocycles. The molecule has 0 heterocycles. The number of rotatable bonds is 7. The minimum Gasteiger partial charge on any atom is -0.488 e. The Kier molecular flexibility index (Phi) is 7.20. The molecule has 0 atom stereocenters. The molecule has 0 unspecified atom stereocenters. The van der Waals surface area contributed by atoms with Gasteiger partial charge >= 0.3 is 0 Å². The van der Waals surface area contributed by atoms with Crippen LogP contribution < -0.4 is 10.2 Å². The van der Waals surface area contributed by atoms with E-state index < -0.39 is 0 Å². The topological polar surface area (TPSA) is 50.7 Å². The monoisotopic (exact) mass is 500 g/mol. The van der Waals surface area contributed by atoms with Gasteiger partial charge in [-0.2, -0.15) is 5.10 Å². The van der Waals surface area contributed by atoms with Crippen molar-refractivity contribution in [2.45, 2.75) is 26.9 Å². The van der Waals surface area contributed by atoms with Gasteiger partial charge in [-0.25, -0.2) is 5.43 Å². The van der Waals surface area contributed by atoms with E-state index in [0.29, 0.717) is 13.0 Å². The van der Waals surface area contributed by atoms with Crippen molar-refractivity contribution in [2.75, 3.05) is 0 Å². The van der Waals surface area contributed by atoms with Gasteiger partial charge in [-0.3, -0.25) is 4.79 Å². The number of nitrogens with zero attached hydrogens (tertiary/aromatic N) is 1. The van der Waals surface area contributed by atoms with E-state index in [1.165, 1.54) is 16.3 Å². The van der Waals surface area contributed by atoms with E-state index in [0.717, 1.165) is 32.5 Å². The molecule has 0 aromatic heterocycles. The fourth-order valence-corrected chi connectivity index (χ4v) is 4.23. The molecule has 0 spiro atoms. The van der Waals surface area contributed by atoms with Crippen LogP contribution in [0.1, 0.15) is 27.8 Å². The maximum atomic E-state index is 12.2. The second-order valence-electron chi connectivity index (χ2n) is 8.02. The van der Waals surface area contributed by atoms with Crippen LogP contribution in [0, 0.1) is 13.8 Å². The van der Waals surface area contributed by atoms with Crippen molar-refractivity contribution in [3.8, 4) is 5.75 Å². The normalized spacial score (nSPS) is 11.1. The molecule has 4 aromatic carbocycles. The third-order valence-corrected chi connectivity index (χ3v) is 6.09. The van der Waals surface area contributed by atoms with Crippen LogP contribution in [0.4, 0.5) is 0 Å². The number of amides is 1. The van der Waals surface area contributed by atoms with Crippen LogP contribution in [0.15, 0.2) is 88.4 Å². The van der Waals surface area contributed by atoms with Gasteiger partial charge in [-0.15, -0.1) is 0 Å². The highest BCUT2D eigenvalue weighted by molar-refractivity contribution is 9.10. The van der Waals surface area contributed by atoms with Crippen LogP contribution in [0.25, 0.3) is 10.8 Å². The molecule has 0 fully saturated rings. The molecule has 0 aliphatic heterocycles. The van der Waals surface area contributed by atoms with Crippen molar-refractivity contribution in [3.63, 3.8) is 0 Å². The summed E-state index contributed by atoms with van der Waals surface area (Å²) in [7, 11) is 0. The fourth-order valence-electron chi connectivity index (χ4n) is 3.72. The van der Waals surface area contributed by atoms with Crippen molar-refractivity contribution in [1.29, 1.82) is 0 Å². The van der Waals surface area contributed by atoms with Crippen LogP contribution in [-0.4, -0.2) is 12.1 Å². The van der Waals surface area contributed by atoms with Crippen LogP contribution in [0.2, 0.25) is 0 Å². The van der Waals surface area contributed by atoms with E-state index in [2.05, 4.69) is 56.8 Å². The smallest absolute Gasteiger partial charge is 0.244 e. The third kappa shape index (κ3) is 5.88. The average molecular weight is 501 g/mol. The number of nitrogens with one attached hydrogen (secondary N) is 1. The molecule has 4 nitrogen and oxygen atoms in total. The van der Waals surface area contributed by atoms with Crippen molar-refractivity contribution in [2.24, 2.45) is 5.10 Å². The molecule has 0 bridgehead atoms. The van der Waals surface area contributed by atoms with Crippen molar-refractivity contribution in [3.05, 3.63) is 111 Å². The van der Waals surface area contributed by atoms with E-state index in [-0.39, 0.29) is 5.91 Å². The van der Waals surface area contributed by atoms with Gasteiger partial charge in [0.1, 0.15) is 12.4 Å². The quantitative estimate of drug-likeness (QED) is 0.233. The number of hydrogen-bond acceptors (Lipinski definition) is 3. The molecule has 0 saturated heterocycles. The summed E-state index contributed by atoms with van der Waals surface area (Å²) in [4.78, 5) is 12.2. The second-order valence-corrected chi connectivity index (χ2v) is 8.87. The van der Waals surface area contributed by atoms with Crippen LogP contribution in [-0.2, 0) is 17.8 Å². The number of carbonyl (C=O) groups excluding carboxylic acids is 1. The van der Waals surface area contributed by atoms with E-state index in [9.17, 15) is 4.79 Å². The number of halogens is 1. The maximum absolute atomic E-state index is 12.2. The summed E-state index contributed by atoms with van der Waals surface area (Å²) in [5.74, 6) is 0.603. The first-order valence-corrected chi connectivity index (χ1v) is 11.6. The minimum atomic E-state index is -0.146. The molecule has 4 rings (SSSR count). The van der Waals surface area contributed by atoms with Gasteiger partial charge < -0.3 is 4.74 Å². The lowest BCUT2D eigenvalue weighted by molar-refractivity contribution is -0.120. The summed E-state index contributed by atoms with van der Waals surface area (Å²) < 4.78 is 6.88. The van der Waals surface area contributed by atoms with Crippen molar-refractivity contribution in [1.82, 2.24) is 5.43 Å². The molecule has 4 aromatic rings. The zero-order chi connectivity index (χ0) is 23.2. The molecular formula is C28H25BrN2O2. The number of benzene rings is 4. The van der Waals surface area contributed by atoms with Gasteiger partial charge in [0.2, 0.25) is 5.91 Å². The highest BCUT2D eigenvalue weighted by atomic mass is 79.9. The first-order chi connectivity index (χ1) is 16.0. The SMILES string of the molecule is Cc1ccc(CC(=O)N/N=C/c2ccc(OCc3cccc4ccccc34)c(Br)c2)c(C)c1. The number of ether oxygens (including phenoxy) is 1. The van der Waals surface area contributed by atoms with E-state index in [1.54, 1.807) is 6.21 Å². The summed E-state index contributed by atoms with van der Waals surface area (Å²) >= 11 is 3.58. The van der Waals surface area contributed by atoms with E-state index in [1.807, 2.05) is 62.4 Å². The maximum Gasteiger partial charge on any atom is 0.244 e. The van der Waals surface area contributed by atoms with Crippen LogP contribution in [0.3, 0.4) is 0 Å². The van der Waals surface area contributed by atoms with Gasteiger partial charge in [0.25, 0.3) is 0 Å². The summed E-state index contributed by atoms with van der Waals surface area (Å²) in [6, 6.07) is 26.3. The van der Waals surface area contributed by atoms with Crippen molar-refractivity contribution >= 4 is 38.8 Å². The molecule has 0 aliphatic rings. The molecule has 0 aliphatic carbocycles. The average Bonchev–Trinajstić information content (AvgIpc) is 2.80. The Morgan fingerprint density at radius 3 is 2.61 bits per heavy atom. The number of carbonyl (C=O) groups is 1. The fraction of sp³-hybridized carbons (Fsp3) is 0.143. The van der Waals surface area contributed by atoms with Gasteiger partial charge in [-0.1, -0.05) is 66.2 Å². The van der Waals surface area contributed by atoms with Crippen LogP contribution in [0.5, 0.6) is 5.75 Å². The lowest BCUT2D eigenvalue weighted by Crippen LogP contribution is -2.20. The van der Waals surface area contributed by atoms with Crippen molar-refractivity contribution < 1.29 is 9.53 Å². The Bertz CT molecular complexity index is 1330. The first-order valence-electron chi connectivity index (χ1n) is 10.8. The Labute approximate surface area is 202 Å². The van der Waals surface area contributed by atoms with Gasteiger partial charge in [0.05, 0.1) is 17.1 Å². The number of hydrazone groups is 1. The number of fused-ring (bicyclic) bond motifs is 1.